The third kappa shape index (κ3) is 3.85. The molecular weight excluding hydrogens is 434 g/mol. The second-order valence-electron chi connectivity index (χ2n) is 8.52. The molecule has 0 radical (unpaired) electrons. The largest absolute Gasteiger partial charge is 0.334 e. The van der Waals surface area contributed by atoms with E-state index in [4.69, 9.17) is 11.6 Å². The molecule has 170 valence electrons. The minimum absolute atomic E-state index is 0.0220. The Labute approximate surface area is 190 Å². The van der Waals surface area contributed by atoms with Crippen LogP contribution in [0.5, 0.6) is 0 Å². The van der Waals surface area contributed by atoms with Crippen LogP contribution in [0.2, 0.25) is 5.02 Å². The van der Waals surface area contributed by atoms with Gasteiger partial charge >= 0.3 is 6.03 Å². The molecule has 32 heavy (non-hydrogen) atoms. The first kappa shape index (κ1) is 22.3. The summed E-state index contributed by atoms with van der Waals surface area (Å²) in [5, 5.41) is 3.71. The number of nitrogens with zero attached hydrogens (tertiary/aromatic N) is 3. The predicted octanol–water partition coefficient (Wildman–Crippen LogP) is 2.43. The number of hydrogen-bond acceptors (Lipinski definition) is 5. The highest BCUT2D eigenvalue weighted by Crippen LogP contribution is 2.38. The molecule has 2 fully saturated rings. The first-order valence-electron chi connectivity index (χ1n) is 10.9. The maximum absolute atomic E-state index is 13.1. The molecule has 4 amide bonds. The summed E-state index contributed by atoms with van der Waals surface area (Å²) in [5.74, 6) is -0.403. The summed E-state index contributed by atoms with van der Waals surface area (Å²) < 4.78 is 0. The maximum atomic E-state index is 13.1. The smallest absolute Gasteiger partial charge is 0.325 e. The van der Waals surface area contributed by atoms with Gasteiger partial charge in [-0.1, -0.05) is 31.4 Å². The van der Waals surface area contributed by atoms with Crippen LogP contribution in [0.1, 0.15) is 45.4 Å². The molecule has 2 heterocycles. The quantitative estimate of drug-likeness (QED) is 0.666. The number of benzene rings is 1. The number of carbonyl (C=O) groups is 3. The van der Waals surface area contributed by atoms with Crippen molar-refractivity contribution in [3.8, 4) is 0 Å². The van der Waals surface area contributed by atoms with E-state index < -0.39 is 17.5 Å². The van der Waals surface area contributed by atoms with Gasteiger partial charge in [0.05, 0.1) is 17.4 Å². The average molecular weight is 460 g/mol. The molecule has 2 N–H and O–H groups in total. The van der Waals surface area contributed by atoms with E-state index in [2.05, 4.69) is 15.3 Å². The predicted molar refractivity (Wildman–Crippen MR) is 119 cm³/mol. The lowest BCUT2D eigenvalue weighted by atomic mass is 9.73. The van der Waals surface area contributed by atoms with Gasteiger partial charge in [0.1, 0.15) is 17.9 Å². The lowest BCUT2D eigenvalue weighted by Crippen LogP contribution is -2.54. The molecule has 4 rings (SSSR count). The molecule has 2 aliphatic rings. The Balaban J connectivity index is 1.51. The highest BCUT2D eigenvalue weighted by atomic mass is 35.5. The molecule has 0 unspecified atom stereocenters. The number of H-pyrrole nitrogens is 1. The van der Waals surface area contributed by atoms with E-state index in [1.165, 1.54) is 4.90 Å². The fraction of sp³-hybridized carbons (Fsp3) is 0.500. The Hall–Kier alpha value is -2.94. The number of aromatic amines is 1. The Morgan fingerprint density at radius 1 is 1.31 bits per heavy atom. The molecule has 9 nitrogen and oxygen atoms in total. The first-order valence-corrected chi connectivity index (χ1v) is 11.2. The molecule has 1 saturated carbocycles. The number of fused-ring (bicyclic) bond motifs is 1. The van der Waals surface area contributed by atoms with Crippen LogP contribution in [0.4, 0.5) is 4.79 Å². The monoisotopic (exact) mass is 459 g/mol. The molecule has 1 saturated heterocycles. The summed E-state index contributed by atoms with van der Waals surface area (Å²) in [6.07, 6.45) is 3.34. The zero-order valence-corrected chi connectivity index (χ0v) is 18.9. The van der Waals surface area contributed by atoms with Crippen molar-refractivity contribution in [1.82, 2.24) is 25.1 Å². The Kier molecular flexibility index (Phi) is 5.94. The van der Waals surface area contributed by atoms with E-state index in [1.54, 1.807) is 25.1 Å². The Bertz CT molecular complexity index is 1150. The van der Waals surface area contributed by atoms with Crippen molar-refractivity contribution in [2.24, 2.45) is 5.92 Å². The second kappa shape index (κ2) is 8.54. The third-order valence-electron chi connectivity index (χ3n) is 6.59. The lowest BCUT2D eigenvalue weighted by Gasteiger charge is -2.36. The van der Waals surface area contributed by atoms with Crippen molar-refractivity contribution in [3.63, 3.8) is 0 Å². The minimum Gasteiger partial charge on any atom is -0.334 e. The van der Waals surface area contributed by atoms with E-state index >= 15 is 0 Å². The number of amides is 4. The second-order valence-corrected chi connectivity index (χ2v) is 8.96. The molecule has 1 aromatic heterocycles. The van der Waals surface area contributed by atoms with Crippen molar-refractivity contribution in [3.05, 3.63) is 39.4 Å². The maximum Gasteiger partial charge on any atom is 0.325 e. The summed E-state index contributed by atoms with van der Waals surface area (Å²) in [7, 11) is 0. The summed E-state index contributed by atoms with van der Waals surface area (Å²) in [6.45, 7) is 3.76. The SMILES string of the molecule is CCN(Cc1nc2cc(Cl)ccc2c(=O)[nH]1)C(=O)CN1C(=O)N[C@@]2(CCCC[C@@H]2C)C1=O. The summed E-state index contributed by atoms with van der Waals surface area (Å²) in [5.41, 5.74) is -0.800. The van der Waals surface area contributed by atoms with Gasteiger partial charge in [-0.25, -0.2) is 9.78 Å². The molecule has 10 heteroatoms. The van der Waals surface area contributed by atoms with Crippen LogP contribution in [0.3, 0.4) is 0 Å². The van der Waals surface area contributed by atoms with Gasteiger partial charge in [0.2, 0.25) is 5.91 Å². The van der Waals surface area contributed by atoms with Crippen molar-refractivity contribution < 1.29 is 14.4 Å². The molecule has 1 spiro atoms. The highest BCUT2D eigenvalue weighted by Gasteiger charge is 2.55. The molecule has 1 aromatic carbocycles. The van der Waals surface area contributed by atoms with Gasteiger partial charge in [-0.3, -0.25) is 19.3 Å². The average Bonchev–Trinajstić information content (AvgIpc) is 2.98. The first-order chi connectivity index (χ1) is 15.2. The number of aromatic nitrogens is 2. The zero-order chi connectivity index (χ0) is 23.0. The summed E-state index contributed by atoms with van der Waals surface area (Å²) in [4.78, 5) is 60.6. The van der Waals surface area contributed by atoms with Crippen LogP contribution in [-0.2, 0) is 16.1 Å². The number of likely N-dealkylation sites (N-methyl/N-ethyl adjacent to an activating group) is 1. The van der Waals surface area contributed by atoms with Crippen molar-refractivity contribution in [2.45, 2.75) is 51.6 Å². The molecule has 1 aliphatic carbocycles. The zero-order valence-electron chi connectivity index (χ0n) is 18.1. The van der Waals surface area contributed by atoms with Gasteiger partial charge < -0.3 is 15.2 Å². The minimum atomic E-state index is -0.906. The number of rotatable bonds is 5. The number of urea groups is 1. The van der Waals surface area contributed by atoms with Crippen molar-refractivity contribution >= 4 is 40.3 Å². The standard InChI is InChI=1S/C22H26ClN5O4/c1-3-27(11-17-24-16-10-14(23)7-8-15(16)19(30)25-17)18(29)12-28-20(31)22(26-21(28)32)9-5-4-6-13(22)2/h7-8,10,13H,3-6,9,11-12H2,1-2H3,(H,26,32)(H,24,25,30)/t13-,22+/m0/s1. The van der Waals surface area contributed by atoms with Gasteiger partial charge in [-0.15, -0.1) is 0 Å². The van der Waals surface area contributed by atoms with E-state index in [1.807, 2.05) is 6.92 Å². The highest BCUT2D eigenvalue weighted by molar-refractivity contribution is 6.31. The number of carbonyl (C=O) groups excluding carboxylic acids is 3. The Morgan fingerprint density at radius 2 is 2.09 bits per heavy atom. The summed E-state index contributed by atoms with van der Waals surface area (Å²) in [6, 6.07) is 4.27. The van der Waals surface area contributed by atoms with Crippen LogP contribution in [0.25, 0.3) is 10.9 Å². The van der Waals surface area contributed by atoms with Gasteiger partial charge in [-0.2, -0.15) is 0 Å². The fourth-order valence-corrected chi connectivity index (χ4v) is 4.83. The Morgan fingerprint density at radius 3 is 2.81 bits per heavy atom. The number of hydrogen-bond donors (Lipinski definition) is 2. The number of imide groups is 1. The molecular formula is C22H26ClN5O4. The fourth-order valence-electron chi connectivity index (χ4n) is 4.67. The van der Waals surface area contributed by atoms with Crippen molar-refractivity contribution in [1.29, 1.82) is 0 Å². The van der Waals surface area contributed by atoms with Crippen LogP contribution >= 0.6 is 11.6 Å². The van der Waals surface area contributed by atoms with E-state index in [9.17, 15) is 19.2 Å². The molecule has 2 aromatic rings. The number of halogens is 1. The van der Waals surface area contributed by atoms with Crippen LogP contribution in [0.15, 0.2) is 23.0 Å². The van der Waals surface area contributed by atoms with Gasteiger partial charge in [0.25, 0.3) is 11.5 Å². The van der Waals surface area contributed by atoms with Gasteiger partial charge in [0.15, 0.2) is 0 Å². The van der Waals surface area contributed by atoms with E-state index in [0.717, 1.165) is 24.2 Å². The molecule has 2 atom stereocenters. The molecule has 1 aliphatic heterocycles. The number of nitrogens with one attached hydrogen (secondary N) is 2. The third-order valence-corrected chi connectivity index (χ3v) is 6.82. The topological polar surface area (TPSA) is 115 Å². The van der Waals surface area contributed by atoms with Crippen LogP contribution < -0.4 is 10.9 Å². The van der Waals surface area contributed by atoms with E-state index in [-0.39, 0.29) is 30.5 Å². The van der Waals surface area contributed by atoms with Crippen molar-refractivity contribution in [2.75, 3.05) is 13.1 Å². The molecule has 0 bridgehead atoms. The van der Waals surface area contributed by atoms with E-state index in [0.29, 0.717) is 34.7 Å². The summed E-state index contributed by atoms with van der Waals surface area (Å²) >= 11 is 6.01. The lowest BCUT2D eigenvalue weighted by molar-refractivity contribution is -0.140. The van der Waals surface area contributed by atoms with Crippen LogP contribution in [-0.4, -0.2) is 56.2 Å². The van der Waals surface area contributed by atoms with Gasteiger partial charge in [-0.05, 0) is 43.9 Å². The normalized spacial score (nSPS) is 23.1. The van der Waals surface area contributed by atoms with Crippen LogP contribution in [0, 0.1) is 5.92 Å². The van der Waals surface area contributed by atoms with Gasteiger partial charge in [0, 0.05) is 11.6 Å².